The number of para-hydroxylation sites is 6. The number of aliphatic imine (C=N–C) groups is 1. The highest BCUT2D eigenvalue weighted by Crippen LogP contribution is 2.21. The predicted octanol–water partition coefficient (Wildman–Crippen LogP) is 9.12. The summed E-state index contributed by atoms with van der Waals surface area (Å²) in [6.07, 6.45) is 0. The number of hydrogen-bond donors (Lipinski definition) is 6. The largest absolute Gasteiger partial charge is 0.506 e. The zero-order valence-electron chi connectivity index (χ0n) is 27.6. The second kappa shape index (κ2) is 31.7. The second-order valence-corrected chi connectivity index (χ2v) is 7.73. The number of nitrogens with two attached hydrogens (primary N) is 1. The van der Waals surface area contributed by atoms with Gasteiger partial charge in [0.25, 0.3) is 6.01 Å². The van der Waals surface area contributed by atoms with E-state index < -0.39 is 0 Å². The summed E-state index contributed by atoms with van der Waals surface area (Å²) in [5.74, 6) is 0.343. The molecule has 0 aliphatic heterocycles. The highest BCUT2D eigenvalue weighted by Gasteiger charge is 2.02. The fraction of sp³-hybridized carbons (Fsp3) is 0.364. The molecule has 0 spiro atoms. The van der Waals surface area contributed by atoms with Crippen molar-refractivity contribution in [3.8, 4) is 11.5 Å². The molecule has 244 valence electrons. The third-order valence-electron chi connectivity index (χ3n) is 4.27. The molecule has 0 aliphatic carbocycles. The first-order valence-electron chi connectivity index (χ1n) is 14.8. The van der Waals surface area contributed by atoms with Gasteiger partial charge in [-0.2, -0.15) is 4.98 Å². The molecule has 1 heterocycles. The number of nitrogen functional groups attached to an aromatic ring is 1. The van der Waals surface area contributed by atoms with Crippen LogP contribution in [0.2, 0.25) is 0 Å². The van der Waals surface area contributed by atoms with E-state index in [-0.39, 0.29) is 11.5 Å². The lowest BCUT2D eigenvalue weighted by molar-refractivity contribution is 0.477. The molecule has 0 amide bonds. The van der Waals surface area contributed by atoms with Gasteiger partial charge in [-0.15, -0.1) is 0 Å². The van der Waals surface area contributed by atoms with E-state index in [0.29, 0.717) is 22.5 Å². The average molecular weight is 645 g/mol. The van der Waals surface area contributed by atoms with Gasteiger partial charge in [-0.05, 0) is 81.6 Å². The summed E-state index contributed by atoms with van der Waals surface area (Å²) in [4.78, 5) is 7.76. The quantitative estimate of drug-likeness (QED) is 0.0539. The van der Waals surface area contributed by atoms with Gasteiger partial charge in [0.05, 0.1) is 16.5 Å². The molecule has 4 aromatic rings. The van der Waals surface area contributed by atoms with Gasteiger partial charge in [-0.3, -0.25) is 0 Å². The number of oxazole rings is 1. The minimum absolute atomic E-state index is 0.146. The Morgan fingerprint density at radius 2 is 1.39 bits per heavy atom. The van der Waals surface area contributed by atoms with E-state index in [4.69, 9.17) is 27.5 Å². The van der Waals surface area contributed by atoms with Gasteiger partial charge in [0.1, 0.15) is 17.0 Å². The normalized spacial score (nSPS) is 8.30. The molecule has 11 heteroatoms. The minimum Gasteiger partial charge on any atom is -0.506 e. The second-order valence-electron chi connectivity index (χ2n) is 7.14. The number of anilines is 3. The average Bonchev–Trinajstić information content (AvgIpc) is 3.47. The summed E-state index contributed by atoms with van der Waals surface area (Å²) in [5, 5.41) is 29.7. The molecule has 7 N–H and O–H groups in total. The molecule has 0 bridgehead atoms. The standard InChI is InChI=1S/C9H12N2OS.C9H10N2O.C6H7NO.C3H5NS.3C2H6/c1-2-10-9(13)11-7-5-3-4-6-8(7)12;1-2-10-9-11-7-5-3-4-6-8(7)12-9;7-5-3-1-2-4-6(5)8;1-2-4-3-5;3*1-2/h3-6,12H,2H2,1H3,(H2,10,11,13);3-6H,2H2,1H3,(H,10,11);1-4,8H,7H2;2H2,1H3;3*1-2H3. The van der Waals surface area contributed by atoms with Gasteiger partial charge in [-0.1, -0.05) is 77.9 Å². The lowest BCUT2D eigenvalue weighted by Gasteiger charge is -2.09. The zero-order valence-corrected chi connectivity index (χ0v) is 29.3. The van der Waals surface area contributed by atoms with Crippen LogP contribution < -0.4 is 21.7 Å². The van der Waals surface area contributed by atoms with Crippen LogP contribution in [0.3, 0.4) is 0 Å². The Morgan fingerprint density at radius 1 is 0.841 bits per heavy atom. The molecule has 0 saturated heterocycles. The molecule has 0 saturated carbocycles. The van der Waals surface area contributed by atoms with Crippen LogP contribution in [-0.4, -0.2) is 45.1 Å². The first kappa shape index (κ1) is 44.3. The minimum atomic E-state index is 0.146. The summed E-state index contributed by atoms with van der Waals surface area (Å²) < 4.78 is 5.39. The van der Waals surface area contributed by atoms with Crippen molar-refractivity contribution >= 4 is 63.2 Å². The van der Waals surface area contributed by atoms with Crippen molar-refractivity contribution in [3.63, 3.8) is 0 Å². The Bertz CT molecular complexity index is 1240. The molecular formula is C33H52N6O3S2. The molecule has 1 aromatic heterocycles. The van der Waals surface area contributed by atoms with Crippen molar-refractivity contribution in [2.75, 3.05) is 36.0 Å². The van der Waals surface area contributed by atoms with E-state index in [9.17, 15) is 5.11 Å². The van der Waals surface area contributed by atoms with Gasteiger partial charge in [0.2, 0.25) is 0 Å². The Morgan fingerprint density at radius 3 is 1.82 bits per heavy atom. The Labute approximate surface area is 275 Å². The molecule has 4 rings (SSSR count). The lowest BCUT2D eigenvalue weighted by atomic mass is 10.3. The lowest BCUT2D eigenvalue weighted by Crippen LogP contribution is -2.27. The van der Waals surface area contributed by atoms with Crippen LogP contribution in [0, 0.1) is 0 Å². The van der Waals surface area contributed by atoms with Crippen LogP contribution >= 0.6 is 24.4 Å². The Balaban J connectivity index is -0.000000501. The number of rotatable bonds is 5. The monoisotopic (exact) mass is 644 g/mol. The zero-order chi connectivity index (χ0) is 34.2. The van der Waals surface area contributed by atoms with Gasteiger partial charge in [-0.25, -0.2) is 4.99 Å². The van der Waals surface area contributed by atoms with Crippen molar-refractivity contribution in [1.29, 1.82) is 0 Å². The molecule has 0 aliphatic rings. The molecule has 0 unspecified atom stereocenters. The number of hydrogen-bond acceptors (Lipinski definition) is 9. The Kier molecular flexibility index (Phi) is 31.9. The highest BCUT2D eigenvalue weighted by atomic mass is 32.1. The van der Waals surface area contributed by atoms with E-state index in [2.05, 4.69) is 43.3 Å². The van der Waals surface area contributed by atoms with E-state index in [1.54, 1.807) is 42.5 Å². The third-order valence-corrected chi connectivity index (χ3v) is 4.65. The fourth-order valence-corrected chi connectivity index (χ4v) is 2.94. The van der Waals surface area contributed by atoms with Crippen molar-refractivity contribution in [2.24, 2.45) is 4.99 Å². The van der Waals surface area contributed by atoms with E-state index in [1.807, 2.05) is 92.6 Å². The number of phenolic OH excluding ortho intramolecular Hbond substituents is 2. The van der Waals surface area contributed by atoms with Gasteiger partial charge >= 0.3 is 0 Å². The summed E-state index contributed by atoms with van der Waals surface area (Å²) in [6.45, 7) is 20.2. The number of isothiocyanates is 1. The number of benzene rings is 3. The summed E-state index contributed by atoms with van der Waals surface area (Å²) in [6, 6.07) is 22.0. The number of phenols is 2. The highest BCUT2D eigenvalue weighted by molar-refractivity contribution is 7.80. The maximum Gasteiger partial charge on any atom is 0.295 e. The fourth-order valence-electron chi connectivity index (χ4n) is 2.56. The van der Waals surface area contributed by atoms with E-state index in [0.717, 1.165) is 30.7 Å². The third kappa shape index (κ3) is 21.5. The smallest absolute Gasteiger partial charge is 0.295 e. The number of aromatic hydroxyl groups is 2. The van der Waals surface area contributed by atoms with Crippen molar-refractivity contribution in [3.05, 3.63) is 72.8 Å². The first-order valence-corrected chi connectivity index (χ1v) is 15.7. The Hall–Kier alpha value is -4.18. The molecular weight excluding hydrogens is 593 g/mol. The summed E-state index contributed by atoms with van der Waals surface area (Å²) >= 11 is 9.20. The van der Waals surface area contributed by atoms with Crippen LogP contribution in [0.1, 0.15) is 62.3 Å². The van der Waals surface area contributed by atoms with Crippen LogP contribution in [0.15, 0.2) is 82.2 Å². The summed E-state index contributed by atoms with van der Waals surface area (Å²) in [5.41, 5.74) is 8.04. The number of fused-ring (bicyclic) bond motifs is 1. The van der Waals surface area contributed by atoms with Crippen molar-refractivity contribution < 1.29 is 14.6 Å². The van der Waals surface area contributed by atoms with Crippen LogP contribution in [0.4, 0.5) is 17.4 Å². The van der Waals surface area contributed by atoms with Gasteiger partial charge in [0, 0.05) is 19.6 Å². The number of nitrogens with one attached hydrogen (secondary N) is 3. The predicted molar refractivity (Wildman–Crippen MR) is 198 cm³/mol. The van der Waals surface area contributed by atoms with Crippen LogP contribution in [0.25, 0.3) is 11.1 Å². The van der Waals surface area contributed by atoms with Crippen molar-refractivity contribution in [1.82, 2.24) is 10.3 Å². The maximum absolute atomic E-state index is 9.38. The molecule has 3 aromatic carbocycles. The SMILES string of the molecule is CC.CC.CC.CCN=C=S.CCNC(=S)Nc1ccccc1O.CCNc1nc2ccccc2o1.Nc1ccccc1O. The van der Waals surface area contributed by atoms with Crippen LogP contribution in [-0.2, 0) is 0 Å². The molecule has 44 heavy (non-hydrogen) atoms. The molecule has 0 radical (unpaired) electrons. The first-order chi connectivity index (χ1) is 21.4. The maximum atomic E-state index is 9.38. The van der Waals surface area contributed by atoms with E-state index in [1.165, 1.54) is 0 Å². The van der Waals surface area contributed by atoms with E-state index >= 15 is 0 Å². The number of thiocarbonyl (C=S) groups is 2. The molecule has 9 nitrogen and oxygen atoms in total. The van der Waals surface area contributed by atoms with Crippen LogP contribution in [0.5, 0.6) is 11.5 Å². The van der Waals surface area contributed by atoms with Gasteiger partial charge < -0.3 is 36.3 Å². The van der Waals surface area contributed by atoms with Gasteiger partial charge in [0.15, 0.2) is 10.7 Å². The molecule has 0 fully saturated rings. The summed E-state index contributed by atoms with van der Waals surface area (Å²) in [7, 11) is 0. The number of nitrogens with zero attached hydrogens (tertiary/aromatic N) is 2. The van der Waals surface area contributed by atoms with Crippen molar-refractivity contribution in [2.45, 2.75) is 62.3 Å². The topological polar surface area (TPSA) is 141 Å². The molecule has 0 atom stereocenters. The number of aromatic nitrogens is 1.